The van der Waals surface area contributed by atoms with Gasteiger partial charge in [-0.1, -0.05) is 12.1 Å². The highest BCUT2D eigenvalue weighted by atomic mass is 16.5. The topological polar surface area (TPSA) is 50.8 Å². The van der Waals surface area contributed by atoms with E-state index in [1.807, 2.05) is 56.3 Å². The van der Waals surface area contributed by atoms with E-state index < -0.39 is 0 Å². The van der Waals surface area contributed by atoms with Crippen LogP contribution in [-0.4, -0.2) is 31.2 Å². The van der Waals surface area contributed by atoms with Gasteiger partial charge < -0.3 is 19.7 Å². The summed E-state index contributed by atoms with van der Waals surface area (Å²) >= 11 is 0. The minimum absolute atomic E-state index is 0.0575. The summed E-state index contributed by atoms with van der Waals surface area (Å²) in [6.45, 7) is 10.2. The Morgan fingerprint density at radius 3 is 2.52 bits per heavy atom. The van der Waals surface area contributed by atoms with Crippen molar-refractivity contribution < 1.29 is 14.3 Å². The van der Waals surface area contributed by atoms with Gasteiger partial charge in [0.2, 0.25) is 0 Å². The van der Waals surface area contributed by atoms with E-state index in [1.54, 1.807) is 0 Å². The van der Waals surface area contributed by atoms with Gasteiger partial charge in [0.15, 0.2) is 18.1 Å². The molecule has 0 radical (unpaired) electrons. The first kappa shape index (κ1) is 19.1. The van der Waals surface area contributed by atoms with Crippen molar-refractivity contribution in [2.75, 3.05) is 29.9 Å². The number of carbonyl (C=O) groups is 1. The molecule has 0 aliphatic carbocycles. The summed E-state index contributed by atoms with van der Waals surface area (Å²) in [7, 11) is 0. The number of fused-ring (bicyclic) bond motifs is 1. The zero-order valence-electron chi connectivity index (χ0n) is 16.5. The van der Waals surface area contributed by atoms with E-state index >= 15 is 0 Å². The van der Waals surface area contributed by atoms with E-state index in [1.165, 1.54) is 0 Å². The van der Waals surface area contributed by atoms with Gasteiger partial charge in [0.25, 0.3) is 5.91 Å². The Balaban J connectivity index is 1.58. The smallest absolute Gasteiger partial charge is 0.262 e. The van der Waals surface area contributed by atoms with Gasteiger partial charge >= 0.3 is 0 Å². The average Bonchev–Trinajstić information content (AvgIpc) is 2.96. The number of benzene rings is 2. The molecule has 0 saturated carbocycles. The number of ether oxygens (including phenoxy) is 2. The first-order chi connectivity index (χ1) is 12.9. The van der Waals surface area contributed by atoms with Crippen LogP contribution in [0.3, 0.4) is 0 Å². The van der Waals surface area contributed by atoms with E-state index in [-0.39, 0.29) is 18.1 Å². The Morgan fingerprint density at radius 1 is 1.15 bits per heavy atom. The van der Waals surface area contributed by atoms with Crippen molar-refractivity contribution in [3.8, 4) is 11.5 Å². The number of carbonyl (C=O) groups excluding carboxylic acids is 1. The molecule has 1 amide bonds. The zero-order valence-corrected chi connectivity index (χ0v) is 16.5. The molecule has 0 saturated heterocycles. The molecular weight excluding hydrogens is 340 g/mol. The van der Waals surface area contributed by atoms with Crippen molar-refractivity contribution in [2.24, 2.45) is 0 Å². The molecule has 1 N–H and O–H groups in total. The van der Waals surface area contributed by atoms with Crippen LogP contribution in [0.1, 0.15) is 33.3 Å². The fourth-order valence-electron chi connectivity index (χ4n) is 3.39. The summed E-state index contributed by atoms with van der Waals surface area (Å²) in [6, 6.07) is 13.7. The summed E-state index contributed by atoms with van der Waals surface area (Å²) in [5.41, 5.74) is 2.78. The molecule has 27 heavy (non-hydrogen) atoms. The lowest BCUT2D eigenvalue weighted by molar-refractivity contribution is -0.118. The van der Waals surface area contributed by atoms with Gasteiger partial charge in [0.1, 0.15) is 5.60 Å². The number of hydrogen-bond donors (Lipinski definition) is 1. The van der Waals surface area contributed by atoms with E-state index in [2.05, 4.69) is 24.1 Å². The number of nitrogens with one attached hydrogen (secondary N) is 1. The minimum Gasteiger partial charge on any atom is -0.483 e. The Bertz CT molecular complexity index is 796. The molecule has 0 unspecified atom stereocenters. The number of amides is 1. The maximum atomic E-state index is 12.3. The third kappa shape index (κ3) is 4.54. The Hall–Kier alpha value is -2.69. The number of rotatable bonds is 7. The largest absolute Gasteiger partial charge is 0.483 e. The molecule has 1 aliphatic heterocycles. The molecule has 1 heterocycles. The molecule has 0 spiro atoms. The fourth-order valence-corrected chi connectivity index (χ4v) is 3.39. The van der Waals surface area contributed by atoms with Crippen LogP contribution in [0.4, 0.5) is 11.4 Å². The van der Waals surface area contributed by atoms with Gasteiger partial charge in [-0.15, -0.1) is 0 Å². The van der Waals surface area contributed by atoms with Crippen LogP contribution in [-0.2, 0) is 11.2 Å². The monoisotopic (exact) mass is 368 g/mol. The van der Waals surface area contributed by atoms with Crippen LogP contribution in [0.2, 0.25) is 0 Å². The summed E-state index contributed by atoms with van der Waals surface area (Å²) in [4.78, 5) is 14.5. The average molecular weight is 368 g/mol. The third-order valence-electron chi connectivity index (χ3n) is 4.69. The predicted molar refractivity (Wildman–Crippen MR) is 109 cm³/mol. The zero-order chi connectivity index (χ0) is 19.4. The lowest BCUT2D eigenvalue weighted by Crippen LogP contribution is -2.25. The Kier molecular flexibility index (Phi) is 5.59. The molecular formula is C22H28N2O3. The van der Waals surface area contributed by atoms with Gasteiger partial charge in [0.05, 0.1) is 0 Å². The second-order valence-electron chi connectivity index (χ2n) is 7.34. The molecule has 3 rings (SSSR count). The van der Waals surface area contributed by atoms with Crippen LogP contribution in [0, 0.1) is 0 Å². The molecule has 5 nitrogen and oxygen atoms in total. The van der Waals surface area contributed by atoms with Crippen LogP contribution >= 0.6 is 0 Å². The van der Waals surface area contributed by atoms with Gasteiger partial charge in [-0.2, -0.15) is 0 Å². The lowest BCUT2D eigenvalue weighted by atomic mass is 10.0. The lowest BCUT2D eigenvalue weighted by Gasteiger charge is -2.21. The molecule has 1 aliphatic rings. The third-order valence-corrected chi connectivity index (χ3v) is 4.69. The summed E-state index contributed by atoms with van der Waals surface area (Å²) < 4.78 is 11.7. The fraction of sp³-hybridized carbons (Fsp3) is 0.409. The normalized spacial score (nSPS) is 14.2. The number of nitrogens with zero attached hydrogens (tertiary/aromatic N) is 1. The molecule has 0 atom stereocenters. The van der Waals surface area contributed by atoms with Gasteiger partial charge in [-0.3, -0.25) is 4.79 Å². The number of para-hydroxylation sites is 1. The second-order valence-corrected chi connectivity index (χ2v) is 7.34. The summed E-state index contributed by atoms with van der Waals surface area (Å²) in [5, 5.41) is 2.88. The van der Waals surface area contributed by atoms with Crippen LogP contribution in [0.15, 0.2) is 42.5 Å². The molecule has 5 heteroatoms. The first-order valence-corrected chi connectivity index (χ1v) is 9.50. The maximum Gasteiger partial charge on any atom is 0.262 e. The number of hydrogen-bond acceptors (Lipinski definition) is 4. The van der Waals surface area contributed by atoms with Crippen molar-refractivity contribution in [1.82, 2.24) is 0 Å². The standard InChI is InChI=1S/C22H28N2O3/c1-5-24(6-2)18-12-10-17(11-13-18)23-20(25)15-26-19-9-7-8-16-14-22(3,4)27-21(16)19/h7-13H,5-6,14-15H2,1-4H3,(H,23,25). The molecule has 0 bridgehead atoms. The van der Waals surface area contributed by atoms with Crippen LogP contribution in [0.25, 0.3) is 0 Å². The van der Waals surface area contributed by atoms with Crippen molar-refractivity contribution >= 4 is 17.3 Å². The van der Waals surface area contributed by atoms with Crippen molar-refractivity contribution in [2.45, 2.75) is 39.7 Å². The molecule has 2 aromatic carbocycles. The summed E-state index contributed by atoms with van der Waals surface area (Å²) in [5.74, 6) is 1.17. The minimum atomic E-state index is -0.239. The van der Waals surface area contributed by atoms with Crippen LogP contribution < -0.4 is 19.7 Å². The van der Waals surface area contributed by atoms with Gasteiger partial charge in [0, 0.05) is 36.4 Å². The Morgan fingerprint density at radius 2 is 1.85 bits per heavy atom. The van der Waals surface area contributed by atoms with Crippen molar-refractivity contribution in [3.63, 3.8) is 0 Å². The van der Waals surface area contributed by atoms with Gasteiger partial charge in [-0.25, -0.2) is 0 Å². The first-order valence-electron chi connectivity index (χ1n) is 9.50. The molecule has 144 valence electrons. The highest BCUT2D eigenvalue weighted by molar-refractivity contribution is 5.92. The predicted octanol–water partition coefficient (Wildman–Crippen LogP) is 4.26. The SMILES string of the molecule is CCN(CC)c1ccc(NC(=O)COc2cccc3c2OC(C)(C)C3)cc1. The van der Waals surface area contributed by atoms with E-state index in [0.717, 1.165) is 42.2 Å². The molecule has 0 aromatic heterocycles. The molecule has 0 fully saturated rings. The van der Waals surface area contributed by atoms with Crippen LogP contribution in [0.5, 0.6) is 11.5 Å². The number of anilines is 2. The second kappa shape index (κ2) is 7.91. The van der Waals surface area contributed by atoms with E-state index in [9.17, 15) is 4.79 Å². The van der Waals surface area contributed by atoms with E-state index in [4.69, 9.17) is 9.47 Å². The maximum absolute atomic E-state index is 12.3. The van der Waals surface area contributed by atoms with Crippen molar-refractivity contribution in [3.05, 3.63) is 48.0 Å². The quantitative estimate of drug-likeness (QED) is 0.793. The molecule has 2 aromatic rings. The highest BCUT2D eigenvalue weighted by Gasteiger charge is 2.32. The highest BCUT2D eigenvalue weighted by Crippen LogP contribution is 2.41. The van der Waals surface area contributed by atoms with Gasteiger partial charge in [-0.05, 0) is 58.0 Å². The summed E-state index contributed by atoms with van der Waals surface area (Å²) in [6.07, 6.45) is 0.838. The Labute approximate surface area is 161 Å². The van der Waals surface area contributed by atoms with Crippen molar-refractivity contribution in [1.29, 1.82) is 0 Å². The van der Waals surface area contributed by atoms with E-state index in [0.29, 0.717) is 5.75 Å².